The van der Waals surface area contributed by atoms with Gasteiger partial charge in [-0.1, -0.05) is 30.3 Å². The number of rotatable bonds is 6. The molecule has 1 unspecified atom stereocenters. The molecule has 1 amide bonds. The quantitative estimate of drug-likeness (QED) is 0.493. The zero-order chi connectivity index (χ0) is 27.8. The van der Waals surface area contributed by atoms with Gasteiger partial charge in [-0.25, -0.2) is 18.6 Å². The van der Waals surface area contributed by atoms with Gasteiger partial charge in [-0.3, -0.25) is 18.7 Å². The highest BCUT2D eigenvalue weighted by atomic mass is 19.1. The maximum atomic E-state index is 14.1. The Kier molecular flexibility index (Phi) is 6.79. The molecule has 0 saturated heterocycles. The van der Waals surface area contributed by atoms with Gasteiger partial charge >= 0.3 is 5.69 Å². The van der Waals surface area contributed by atoms with E-state index in [2.05, 4.69) is 15.6 Å². The summed E-state index contributed by atoms with van der Waals surface area (Å²) < 4.78 is 30.3. The van der Waals surface area contributed by atoms with E-state index in [9.17, 15) is 23.2 Å². The normalized spacial score (nSPS) is 21.9. The highest BCUT2D eigenvalue weighted by molar-refractivity contribution is 5.93. The molecule has 0 bridgehead atoms. The van der Waals surface area contributed by atoms with Gasteiger partial charge in [0.05, 0.1) is 11.6 Å². The van der Waals surface area contributed by atoms with E-state index in [-0.39, 0.29) is 41.7 Å². The van der Waals surface area contributed by atoms with Crippen LogP contribution in [-0.4, -0.2) is 37.1 Å². The second-order valence-electron chi connectivity index (χ2n) is 10.3. The smallest absolute Gasteiger partial charge is 0.332 e. The molecule has 3 aliphatic rings. The molecule has 1 aromatic carbocycles. The number of amides is 1. The van der Waals surface area contributed by atoms with E-state index in [1.54, 1.807) is 17.2 Å². The van der Waals surface area contributed by atoms with Crippen LogP contribution < -0.4 is 21.9 Å². The molecule has 9 nitrogen and oxygen atoms in total. The molecular formula is C29H28F2N6O3. The minimum absolute atomic E-state index is 0.0679. The van der Waals surface area contributed by atoms with Gasteiger partial charge in [-0.15, -0.1) is 0 Å². The third kappa shape index (κ3) is 4.94. The monoisotopic (exact) mass is 546 g/mol. The maximum Gasteiger partial charge on any atom is 0.332 e. The van der Waals surface area contributed by atoms with Crippen molar-refractivity contribution in [3.05, 3.63) is 111 Å². The van der Waals surface area contributed by atoms with E-state index in [4.69, 9.17) is 0 Å². The van der Waals surface area contributed by atoms with Crippen molar-refractivity contribution in [3.63, 3.8) is 0 Å². The van der Waals surface area contributed by atoms with Crippen LogP contribution in [-0.2, 0) is 17.8 Å². The van der Waals surface area contributed by atoms with Gasteiger partial charge in [0.1, 0.15) is 29.2 Å². The van der Waals surface area contributed by atoms with Gasteiger partial charge < -0.3 is 15.5 Å². The lowest BCUT2D eigenvalue weighted by atomic mass is 9.90. The van der Waals surface area contributed by atoms with Crippen molar-refractivity contribution < 1.29 is 13.6 Å². The van der Waals surface area contributed by atoms with E-state index >= 15 is 0 Å². The molecule has 1 atom stereocenters. The van der Waals surface area contributed by atoms with Crippen molar-refractivity contribution in [1.82, 2.24) is 29.7 Å². The number of carbonyl (C=O) groups excluding carboxylic acids is 1. The topological polar surface area (TPSA) is 101 Å². The van der Waals surface area contributed by atoms with E-state index < -0.39 is 22.9 Å². The van der Waals surface area contributed by atoms with Crippen molar-refractivity contribution in [1.29, 1.82) is 0 Å². The zero-order valence-corrected chi connectivity index (χ0v) is 21.6. The summed E-state index contributed by atoms with van der Waals surface area (Å²) in [6.45, 7) is 0.290. The van der Waals surface area contributed by atoms with Gasteiger partial charge in [-0.05, 0) is 55.9 Å². The van der Waals surface area contributed by atoms with Gasteiger partial charge in [0.15, 0.2) is 0 Å². The average molecular weight is 547 g/mol. The predicted molar refractivity (Wildman–Crippen MR) is 145 cm³/mol. The molecule has 206 valence electrons. The molecule has 0 radical (unpaired) electrons. The summed E-state index contributed by atoms with van der Waals surface area (Å²) in [7, 11) is 0. The van der Waals surface area contributed by atoms with Gasteiger partial charge in [0.2, 0.25) is 0 Å². The fourth-order valence-electron chi connectivity index (χ4n) is 5.65. The van der Waals surface area contributed by atoms with Gasteiger partial charge in [-0.2, -0.15) is 0 Å². The third-order valence-electron chi connectivity index (χ3n) is 7.70. The van der Waals surface area contributed by atoms with E-state index in [1.807, 2.05) is 30.3 Å². The maximum absolute atomic E-state index is 14.1. The van der Waals surface area contributed by atoms with Crippen molar-refractivity contribution >= 4 is 16.9 Å². The number of allylic oxidation sites excluding steroid dienone is 2. The number of nitrogens with zero attached hydrogens (tertiary/aromatic N) is 4. The van der Waals surface area contributed by atoms with Gasteiger partial charge in [0, 0.05) is 31.0 Å². The number of aromatic nitrogens is 3. The summed E-state index contributed by atoms with van der Waals surface area (Å²) in [4.78, 5) is 45.6. The van der Waals surface area contributed by atoms with Crippen LogP contribution >= 0.6 is 0 Å². The molecule has 1 saturated carbocycles. The Balaban J connectivity index is 1.19. The Hall–Kier alpha value is -4.54. The molecule has 3 aromatic rings. The first kappa shape index (κ1) is 25.7. The van der Waals surface area contributed by atoms with Crippen molar-refractivity contribution in [2.45, 2.75) is 56.9 Å². The SMILES string of the molecule is O=C(N[C@H]1CC[C@@H](n2c(=O)c3cc(F)cnc3n(CCc3ccccc3)c2=O)CC1)C1=CN2C=C(F)C=CC2N1. The van der Waals surface area contributed by atoms with Crippen LogP contribution in [0.4, 0.5) is 8.78 Å². The van der Waals surface area contributed by atoms with Crippen LogP contribution in [0.3, 0.4) is 0 Å². The van der Waals surface area contributed by atoms with Crippen LogP contribution in [0.15, 0.2) is 88.3 Å². The fourth-order valence-corrected chi connectivity index (χ4v) is 5.65. The summed E-state index contributed by atoms with van der Waals surface area (Å²) in [6, 6.07) is 10.3. The van der Waals surface area contributed by atoms with Crippen LogP contribution in [0.25, 0.3) is 11.0 Å². The molecule has 11 heteroatoms. The minimum Gasteiger partial charge on any atom is -0.356 e. The highest BCUT2D eigenvalue weighted by Gasteiger charge is 2.31. The van der Waals surface area contributed by atoms with Crippen molar-refractivity contribution in [2.75, 3.05) is 0 Å². The average Bonchev–Trinajstić information content (AvgIpc) is 3.38. The molecule has 2 N–H and O–H groups in total. The first-order valence-corrected chi connectivity index (χ1v) is 13.3. The minimum atomic E-state index is -0.643. The lowest BCUT2D eigenvalue weighted by Gasteiger charge is -2.30. The summed E-state index contributed by atoms with van der Waals surface area (Å²) in [5.74, 6) is -1.33. The fraction of sp³-hybridized carbons (Fsp3) is 0.310. The molecule has 6 rings (SSSR count). The number of fused-ring (bicyclic) bond motifs is 2. The second-order valence-corrected chi connectivity index (χ2v) is 10.3. The predicted octanol–water partition coefficient (Wildman–Crippen LogP) is 2.99. The summed E-state index contributed by atoms with van der Waals surface area (Å²) in [6.07, 6.45) is 9.21. The number of pyridine rings is 1. The molecule has 2 aromatic heterocycles. The lowest BCUT2D eigenvalue weighted by Crippen LogP contribution is -2.46. The molecule has 0 spiro atoms. The van der Waals surface area contributed by atoms with Crippen molar-refractivity contribution in [3.8, 4) is 0 Å². The van der Waals surface area contributed by atoms with Crippen LogP contribution in [0.1, 0.15) is 37.3 Å². The second kappa shape index (κ2) is 10.6. The third-order valence-corrected chi connectivity index (χ3v) is 7.70. The van der Waals surface area contributed by atoms with Crippen LogP contribution in [0, 0.1) is 5.82 Å². The number of nitrogens with one attached hydrogen (secondary N) is 2. The zero-order valence-electron chi connectivity index (χ0n) is 21.6. The largest absolute Gasteiger partial charge is 0.356 e. The molecule has 2 aliphatic heterocycles. The van der Waals surface area contributed by atoms with E-state index in [1.165, 1.54) is 21.4 Å². The number of aryl methyl sites for hydroxylation is 2. The Morgan fingerprint density at radius 3 is 2.62 bits per heavy atom. The highest BCUT2D eigenvalue weighted by Crippen LogP contribution is 2.28. The first-order chi connectivity index (χ1) is 19.4. The molecule has 4 heterocycles. The lowest BCUT2D eigenvalue weighted by molar-refractivity contribution is -0.118. The number of halogens is 2. The van der Waals surface area contributed by atoms with Crippen LogP contribution in [0.5, 0.6) is 0 Å². The summed E-state index contributed by atoms with van der Waals surface area (Å²) in [5.41, 5.74) is 0.511. The number of benzene rings is 1. The van der Waals surface area contributed by atoms with E-state index in [0.29, 0.717) is 37.8 Å². The molecule has 40 heavy (non-hydrogen) atoms. The van der Waals surface area contributed by atoms with Crippen LogP contribution in [0.2, 0.25) is 0 Å². The Bertz CT molecular complexity index is 1670. The summed E-state index contributed by atoms with van der Waals surface area (Å²) >= 11 is 0. The number of hydrogen-bond donors (Lipinski definition) is 2. The number of hydrogen-bond acceptors (Lipinski definition) is 6. The summed E-state index contributed by atoms with van der Waals surface area (Å²) in [5, 5.41) is 6.13. The Labute approximate surface area is 228 Å². The molecular weight excluding hydrogens is 518 g/mol. The molecule has 1 aliphatic carbocycles. The first-order valence-electron chi connectivity index (χ1n) is 13.3. The standard InChI is InChI=1S/C29H28F2N6O3/c30-19-6-11-25-34-24(17-35(25)16-19)27(38)33-21-7-9-22(10-8-21)37-28(39)23-14-20(31)15-32-26(23)36(29(37)40)13-12-18-4-2-1-3-5-18/h1-6,11,14-17,21-22,25,34H,7-10,12-13H2,(H,33,38)/t21-,22+,25?. The van der Waals surface area contributed by atoms with Crippen molar-refractivity contribution in [2.24, 2.45) is 0 Å². The Morgan fingerprint density at radius 2 is 1.85 bits per heavy atom. The number of carbonyl (C=O) groups is 1. The molecule has 1 fully saturated rings. The Morgan fingerprint density at radius 1 is 1.07 bits per heavy atom. The van der Waals surface area contributed by atoms with E-state index in [0.717, 1.165) is 17.8 Å². The van der Waals surface area contributed by atoms with Gasteiger partial charge in [0.25, 0.3) is 11.5 Å².